The molecule has 8 heteroatoms. The number of benzene rings is 1. The summed E-state index contributed by atoms with van der Waals surface area (Å²) in [5.41, 5.74) is 1.36. The van der Waals surface area contributed by atoms with Crippen LogP contribution in [-0.4, -0.2) is 38.8 Å². The number of hydrogen-bond acceptors (Lipinski definition) is 3. The second-order valence-corrected chi connectivity index (χ2v) is 8.90. The van der Waals surface area contributed by atoms with E-state index in [1.54, 1.807) is 0 Å². The lowest BCUT2D eigenvalue weighted by Crippen LogP contribution is -2.38. The molecule has 25 heavy (non-hydrogen) atoms. The van der Waals surface area contributed by atoms with Crippen molar-refractivity contribution in [1.82, 2.24) is 9.62 Å². The zero-order valence-corrected chi connectivity index (χ0v) is 16.4. The number of halogens is 2. The lowest BCUT2D eigenvalue weighted by molar-refractivity contribution is -0.121. The van der Waals surface area contributed by atoms with E-state index in [-0.39, 0.29) is 27.4 Å². The summed E-state index contributed by atoms with van der Waals surface area (Å²) < 4.78 is 26.1. The van der Waals surface area contributed by atoms with Crippen molar-refractivity contribution in [2.45, 2.75) is 37.0 Å². The van der Waals surface area contributed by atoms with E-state index in [4.69, 9.17) is 23.2 Å². The average molecular weight is 405 g/mol. The van der Waals surface area contributed by atoms with Gasteiger partial charge >= 0.3 is 0 Å². The number of carbonyl (C=O) groups excluding carboxylic acids is 1. The van der Waals surface area contributed by atoms with Gasteiger partial charge in [-0.25, -0.2) is 8.42 Å². The van der Waals surface area contributed by atoms with Crippen LogP contribution in [0.5, 0.6) is 0 Å². The van der Waals surface area contributed by atoms with E-state index < -0.39 is 10.0 Å². The number of nitrogens with one attached hydrogen (secondary N) is 1. The van der Waals surface area contributed by atoms with Crippen molar-refractivity contribution in [2.24, 2.45) is 0 Å². The van der Waals surface area contributed by atoms with Gasteiger partial charge in [-0.15, -0.1) is 0 Å². The lowest BCUT2D eigenvalue weighted by Gasteiger charge is -2.18. The Balaban J connectivity index is 1.91. The van der Waals surface area contributed by atoms with Crippen LogP contribution in [0.3, 0.4) is 0 Å². The van der Waals surface area contributed by atoms with Gasteiger partial charge in [-0.1, -0.05) is 34.9 Å². The van der Waals surface area contributed by atoms with Gasteiger partial charge in [0.2, 0.25) is 15.9 Å². The lowest BCUT2D eigenvalue weighted by atomic mass is 9.97. The van der Waals surface area contributed by atoms with Crippen LogP contribution >= 0.6 is 23.2 Å². The number of rotatable bonds is 7. The minimum atomic E-state index is -3.89. The van der Waals surface area contributed by atoms with Crippen LogP contribution in [0.25, 0.3) is 0 Å². The number of carbonyl (C=O) groups is 1. The monoisotopic (exact) mass is 404 g/mol. The van der Waals surface area contributed by atoms with Gasteiger partial charge in [-0.05, 0) is 50.3 Å². The molecule has 1 aliphatic rings. The Labute approximate surface area is 159 Å². The Hall–Kier alpha value is -1.08. The van der Waals surface area contributed by atoms with E-state index in [2.05, 4.69) is 11.4 Å². The smallest absolute Gasteiger partial charge is 0.244 e. The fourth-order valence-electron chi connectivity index (χ4n) is 2.68. The van der Waals surface area contributed by atoms with Gasteiger partial charge in [-0.2, -0.15) is 4.31 Å². The molecule has 2 rings (SSSR count). The molecule has 5 nitrogen and oxygen atoms in total. The molecule has 0 atom stereocenters. The highest BCUT2D eigenvalue weighted by Gasteiger charge is 2.25. The fourth-order valence-corrected chi connectivity index (χ4v) is 4.54. The predicted octanol–water partition coefficient (Wildman–Crippen LogP) is 3.62. The molecular formula is C17H22Cl2N2O3S. The van der Waals surface area contributed by atoms with E-state index in [1.165, 1.54) is 43.7 Å². The van der Waals surface area contributed by atoms with E-state index in [9.17, 15) is 13.2 Å². The Kier molecular flexibility index (Phi) is 7.31. The quantitative estimate of drug-likeness (QED) is 0.705. The van der Waals surface area contributed by atoms with Gasteiger partial charge in [0.15, 0.2) is 0 Å². The van der Waals surface area contributed by atoms with Gasteiger partial charge < -0.3 is 5.32 Å². The van der Waals surface area contributed by atoms with Gasteiger partial charge in [-0.3, -0.25) is 4.79 Å². The molecule has 0 heterocycles. The predicted molar refractivity (Wildman–Crippen MR) is 100 cm³/mol. The van der Waals surface area contributed by atoms with Gasteiger partial charge in [0.25, 0.3) is 0 Å². The van der Waals surface area contributed by atoms with Crippen LogP contribution < -0.4 is 5.32 Å². The summed E-state index contributed by atoms with van der Waals surface area (Å²) >= 11 is 11.8. The fraction of sp³-hybridized carbons (Fsp3) is 0.471. The molecule has 0 unspecified atom stereocenters. The molecule has 0 saturated heterocycles. The summed E-state index contributed by atoms with van der Waals surface area (Å²) in [5.74, 6) is -0.347. The summed E-state index contributed by atoms with van der Waals surface area (Å²) in [6, 6.07) is 4.21. The molecule has 1 N–H and O–H groups in total. The molecule has 1 aliphatic carbocycles. The zero-order valence-electron chi connectivity index (χ0n) is 14.1. The van der Waals surface area contributed by atoms with Crippen molar-refractivity contribution in [3.05, 3.63) is 39.9 Å². The summed E-state index contributed by atoms with van der Waals surface area (Å²) in [4.78, 5) is 11.9. The molecule has 1 amide bonds. The van der Waals surface area contributed by atoms with E-state index in [0.717, 1.165) is 23.6 Å². The highest BCUT2D eigenvalue weighted by atomic mass is 35.5. The first kappa shape index (κ1) is 20.2. The third-order valence-corrected chi connectivity index (χ3v) is 6.62. The first-order valence-electron chi connectivity index (χ1n) is 8.16. The Morgan fingerprint density at radius 2 is 2.04 bits per heavy atom. The summed E-state index contributed by atoms with van der Waals surface area (Å²) in [6.45, 7) is 0.237. The molecule has 1 aromatic carbocycles. The average Bonchev–Trinajstić information content (AvgIpc) is 2.57. The maximum atomic E-state index is 12.6. The molecule has 0 aromatic heterocycles. The molecule has 0 spiro atoms. The van der Waals surface area contributed by atoms with E-state index >= 15 is 0 Å². The highest BCUT2D eigenvalue weighted by Crippen LogP contribution is 2.27. The SMILES string of the molecule is CN(CC(=O)NCCC1=CCCCC1)S(=O)(=O)c1cc(Cl)ccc1Cl. The van der Waals surface area contributed by atoms with Crippen molar-refractivity contribution >= 4 is 39.1 Å². The molecule has 0 saturated carbocycles. The van der Waals surface area contributed by atoms with E-state index in [1.807, 2.05) is 0 Å². The standard InChI is InChI=1S/C17H22Cl2N2O3S/c1-21(25(23,24)16-11-14(18)7-8-15(16)19)12-17(22)20-10-9-13-5-3-2-4-6-13/h5,7-8,11H,2-4,6,9-10,12H2,1H3,(H,20,22). The topological polar surface area (TPSA) is 66.5 Å². The van der Waals surface area contributed by atoms with Crippen molar-refractivity contribution < 1.29 is 13.2 Å². The minimum absolute atomic E-state index is 0.0703. The minimum Gasteiger partial charge on any atom is -0.355 e. The van der Waals surface area contributed by atoms with Crippen LogP contribution in [0.1, 0.15) is 32.1 Å². The van der Waals surface area contributed by atoms with Gasteiger partial charge in [0.05, 0.1) is 11.6 Å². The summed E-state index contributed by atoms with van der Waals surface area (Å²) in [6.07, 6.45) is 7.64. The molecule has 0 aliphatic heterocycles. The molecule has 0 bridgehead atoms. The van der Waals surface area contributed by atoms with Crippen molar-refractivity contribution in [3.63, 3.8) is 0 Å². The van der Waals surface area contributed by atoms with Crippen molar-refractivity contribution in [1.29, 1.82) is 0 Å². The normalized spacial score (nSPS) is 15.1. The van der Waals surface area contributed by atoms with E-state index in [0.29, 0.717) is 6.54 Å². The third kappa shape index (κ3) is 5.71. The number of likely N-dealkylation sites (N-methyl/N-ethyl adjacent to an activating group) is 1. The summed E-state index contributed by atoms with van der Waals surface area (Å²) in [7, 11) is -2.54. The van der Waals surface area contributed by atoms with Crippen molar-refractivity contribution in [2.75, 3.05) is 20.1 Å². The molecule has 0 fully saturated rings. The first-order chi connectivity index (χ1) is 11.8. The second-order valence-electron chi connectivity index (χ2n) is 6.04. The Morgan fingerprint density at radius 3 is 2.72 bits per heavy atom. The van der Waals surface area contributed by atoms with Gasteiger partial charge in [0, 0.05) is 18.6 Å². The zero-order chi connectivity index (χ0) is 18.4. The third-order valence-electron chi connectivity index (χ3n) is 4.10. The molecule has 138 valence electrons. The number of nitrogens with zero attached hydrogens (tertiary/aromatic N) is 1. The maximum absolute atomic E-state index is 12.6. The second kappa shape index (κ2) is 9.03. The number of amides is 1. The van der Waals surface area contributed by atoms with Crippen molar-refractivity contribution in [3.8, 4) is 0 Å². The van der Waals surface area contributed by atoms with Crippen LogP contribution in [0.4, 0.5) is 0 Å². The van der Waals surface area contributed by atoms with Crippen LogP contribution in [-0.2, 0) is 14.8 Å². The number of allylic oxidation sites excluding steroid dienone is 1. The summed E-state index contributed by atoms with van der Waals surface area (Å²) in [5, 5.41) is 3.10. The molecule has 1 aromatic rings. The molecule has 0 radical (unpaired) electrons. The van der Waals surface area contributed by atoms with Crippen LogP contribution in [0.2, 0.25) is 10.0 Å². The Bertz CT molecular complexity index is 763. The van der Waals surface area contributed by atoms with Crippen LogP contribution in [0, 0.1) is 0 Å². The number of sulfonamides is 1. The number of hydrogen-bond donors (Lipinski definition) is 1. The maximum Gasteiger partial charge on any atom is 0.244 e. The Morgan fingerprint density at radius 1 is 1.28 bits per heavy atom. The van der Waals surface area contributed by atoms with Gasteiger partial charge in [0.1, 0.15) is 4.90 Å². The largest absolute Gasteiger partial charge is 0.355 e. The first-order valence-corrected chi connectivity index (χ1v) is 10.4. The molecular weight excluding hydrogens is 383 g/mol. The van der Waals surface area contributed by atoms with Crippen LogP contribution in [0.15, 0.2) is 34.7 Å². The highest BCUT2D eigenvalue weighted by molar-refractivity contribution is 7.89.